The summed E-state index contributed by atoms with van der Waals surface area (Å²) in [5, 5.41) is 13.9. The number of nitro groups is 1. The standard InChI is InChI=1S/C12H13N3O3S/c1-2-18-11-5-3-9(7-14-11)13-8-10-4-6-12(19-10)15(16)17/h3-7,13H,2,8H2,1H3. The first kappa shape index (κ1) is 13.3. The second-order valence-corrected chi connectivity index (χ2v) is 4.82. The zero-order valence-corrected chi connectivity index (χ0v) is 11.1. The van der Waals surface area contributed by atoms with Crippen LogP contribution in [0.2, 0.25) is 0 Å². The van der Waals surface area contributed by atoms with Gasteiger partial charge in [-0.05, 0) is 19.1 Å². The summed E-state index contributed by atoms with van der Waals surface area (Å²) >= 11 is 1.16. The van der Waals surface area contributed by atoms with Gasteiger partial charge in [0, 0.05) is 23.6 Å². The van der Waals surface area contributed by atoms with Gasteiger partial charge in [-0.1, -0.05) is 11.3 Å². The molecule has 0 aromatic carbocycles. The van der Waals surface area contributed by atoms with Gasteiger partial charge in [0.25, 0.3) is 0 Å². The van der Waals surface area contributed by atoms with E-state index in [9.17, 15) is 10.1 Å². The van der Waals surface area contributed by atoms with Gasteiger partial charge in [0.05, 0.1) is 23.4 Å². The lowest BCUT2D eigenvalue weighted by molar-refractivity contribution is -0.380. The van der Waals surface area contributed by atoms with E-state index in [1.54, 1.807) is 18.3 Å². The van der Waals surface area contributed by atoms with E-state index in [2.05, 4.69) is 10.3 Å². The van der Waals surface area contributed by atoms with E-state index < -0.39 is 0 Å². The highest BCUT2D eigenvalue weighted by atomic mass is 32.1. The van der Waals surface area contributed by atoms with Crippen molar-refractivity contribution in [3.05, 3.63) is 45.5 Å². The third kappa shape index (κ3) is 3.65. The zero-order chi connectivity index (χ0) is 13.7. The van der Waals surface area contributed by atoms with Gasteiger partial charge in [0.1, 0.15) is 0 Å². The fraction of sp³-hybridized carbons (Fsp3) is 0.250. The monoisotopic (exact) mass is 279 g/mol. The minimum Gasteiger partial charge on any atom is -0.478 e. The molecule has 0 aliphatic heterocycles. The Kier molecular flexibility index (Phi) is 4.30. The van der Waals surface area contributed by atoms with E-state index in [1.165, 1.54) is 6.07 Å². The predicted octanol–water partition coefficient (Wildman–Crippen LogP) is 3.06. The van der Waals surface area contributed by atoms with Crippen molar-refractivity contribution in [3.8, 4) is 5.88 Å². The quantitative estimate of drug-likeness (QED) is 0.649. The molecule has 0 fully saturated rings. The van der Waals surface area contributed by atoms with Crippen LogP contribution in [0.25, 0.3) is 0 Å². The first-order chi connectivity index (χ1) is 9.19. The molecule has 2 rings (SSSR count). The Morgan fingerprint density at radius 3 is 2.84 bits per heavy atom. The summed E-state index contributed by atoms with van der Waals surface area (Å²) in [5.74, 6) is 0.583. The molecular formula is C12H13N3O3S. The number of aromatic nitrogens is 1. The summed E-state index contributed by atoms with van der Waals surface area (Å²) in [6.07, 6.45) is 1.67. The van der Waals surface area contributed by atoms with Crippen molar-refractivity contribution in [2.75, 3.05) is 11.9 Å². The molecule has 0 bridgehead atoms. The second kappa shape index (κ2) is 6.14. The molecule has 0 unspecified atom stereocenters. The summed E-state index contributed by atoms with van der Waals surface area (Å²) in [7, 11) is 0. The minimum atomic E-state index is -0.382. The highest BCUT2D eigenvalue weighted by molar-refractivity contribution is 7.15. The number of ether oxygens (including phenoxy) is 1. The smallest absolute Gasteiger partial charge is 0.324 e. The van der Waals surface area contributed by atoms with Crippen LogP contribution in [0.4, 0.5) is 10.7 Å². The van der Waals surface area contributed by atoms with Gasteiger partial charge in [-0.15, -0.1) is 0 Å². The molecule has 1 N–H and O–H groups in total. The molecule has 2 heterocycles. The van der Waals surface area contributed by atoms with Gasteiger partial charge in [0.2, 0.25) is 5.88 Å². The molecule has 6 nitrogen and oxygen atoms in total. The number of nitrogens with one attached hydrogen (secondary N) is 1. The fourth-order valence-electron chi connectivity index (χ4n) is 1.47. The third-order valence-corrected chi connectivity index (χ3v) is 3.36. The maximum Gasteiger partial charge on any atom is 0.324 e. The molecule has 19 heavy (non-hydrogen) atoms. The normalized spacial score (nSPS) is 10.2. The molecule has 0 aliphatic carbocycles. The van der Waals surface area contributed by atoms with E-state index in [-0.39, 0.29) is 9.92 Å². The predicted molar refractivity (Wildman–Crippen MR) is 73.7 cm³/mol. The summed E-state index contributed by atoms with van der Waals surface area (Å²) in [6.45, 7) is 3.02. The van der Waals surface area contributed by atoms with Gasteiger partial charge >= 0.3 is 5.00 Å². The van der Waals surface area contributed by atoms with Crippen molar-refractivity contribution in [1.82, 2.24) is 4.98 Å². The molecule has 0 aliphatic rings. The number of hydrogen-bond donors (Lipinski definition) is 1. The number of thiophene rings is 1. The van der Waals surface area contributed by atoms with Gasteiger partial charge in [0.15, 0.2) is 0 Å². The van der Waals surface area contributed by atoms with Gasteiger partial charge in [-0.2, -0.15) is 0 Å². The first-order valence-electron chi connectivity index (χ1n) is 5.75. The maximum absolute atomic E-state index is 10.6. The fourth-order valence-corrected chi connectivity index (χ4v) is 2.23. The molecule has 100 valence electrons. The molecule has 2 aromatic heterocycles. The molecule has 0 radical (unpaired) electrons. The van der Waals surface area contributed by atoms with Crippen molar-refractivity contribution < 1.29 is 9.66 Å². The van der Waals surface area contributed by atoms with E-state index in [1.807, 2.05) is 13.0 Å². The lowest BCUT2D eigenvalue weighted by Crippen LogP contribution is -1.99. The maximum atomic E-state index is 10.6. The van der Waals surface area contributed by atoms with Crippen LogP contribution in [0.1, 0.15) is 11.8 Å². The molecular weight excluding hydrogens is 266 g/mol. The Morgan fingerprint density at radius 2 is 2.26 bits per heavy atom. The van der Waals surface area contributed by atoms with E-state index in [0.29, 0.717) is 19.0 Å². The highest BCUT2D eigenvalue weighted by Crippen LogP contribution is 2.24. The van der Waals surface area contributed by atoms with Crippen LogP contribution in [-0.4, -0.2) is 16.5 Å². The largest absolute Gasteiger partial charge is 0.478 e. The topological polar surface area (TPSA) is 77.3 Å². The minimum absolute atomic E-state index is 0.154. The Labute approximate surface area is 114 Å². The molecule has 0 saturated heterocycles. The first-order valence-corrected chi connectivity index (χ1v) is 6.56. The van der Waals surface area contributed by atoms with Crippen molar-refractivity contribution in [3.63, 3.8) is 0 Å². The van der Waals surface area contributed by atoms with Crippen LogP contribution >= 0.6 is 11.3 Å². The third-order valence-electron chi connectivity index (χ3n) is 2.32. The number of hydrogen-bond acceptors (Lipinski definition) is 6. The van der Waals surface area contributed by atoms with Crippen molar-refractivity contribution >= 4 is 22.0 Å². The molecule has 2 aromatic rings. The SMILES string of the molecule is CCOc1ccc(NCc2ccc([N+](=O)[O-])s2)cn1. The Morgan fingerprint density at radius 1 is 1.42 bits per heavy atom. The molecule has 0 amide bonds. The van der Waals surface area contributed by atoms with Crippen LogP contribution in [-0.2, 0) is 6.54 Å². The van der Waals surface area contributed by atoms with Crippen LogP contribution in [0.3, 0.4) is 0 Å². The molecule has 0 spiro atoms. The summed E-state index contributed by atoms with van der Waals surface area (Å²) in [4.78, 5) is 15.2. The van der Waals surface area contributed by atoms with Gasteiger partial charge < -0.3 is 10.1 Å². The van der Waals surface area contributed by atoms with Crippen LogP contribution < -0.4 is 10.1 Å². The summed E-state index contributed by atoms with van der Waals surface area (Å²) < 4.78 is 5.24. The number of nitrogens with zero attached hydrogens (tertiary/aromatic N) is 2. The summed E-state index contributed by atoms with van der Waals surface area (Å²) in [5.41, 5.74) is 0.847. The molecule has 0 saturated carbocycles. The lowest BCUT2D eigenvalue weighted by Gasteiger charge is -2.05. The van der Waals surface area contributed by atoms with E-state index >= 15 is 0 Å². The van der Waals surface area contributed by atoms with Crippen molar-refractivity contribution in [1.29, 1.82) is 0 Å². The Hall–Kier alpha value is -2.15. The van der Waals surface area contributed by atoms with E-state index in [0.717, 1.165) is 21.9 Å². The van der Waals surface area contributed by atoms with E-state index in [4.69, 9.17) is 4.74 Å². The summed E-state index contributed by atoms with van der Waals surface area (Å²) in [6, 6.07) is 6.90. The van der Waals surface area contributed by atoms with Crippen LogP contribution in [0, 0.1) is 10.1 Å². The van der Waals surface area contributed by atoms with Crippen LogP contribution in [0.5, 0.6) is 5.88 Å². The highest BCUT2D eigenvalue weighted by Gasteiger charge is 2.09. The van der Waals surface area contributed by atoms with Crippen molar-refractivity contribution in [2.24, 2.45) is 0 Å². The molecule has 0 atom stereocenters. The average Bonchev–Trinajstić information content (AvgIpc) is 2.87. The lowest BCUT2D eigenvalue weighted by atomic mass is 10.4. The number of rotatable bonds is 6. The van der Waals surface area contributed by atoms with Gasteiger partial charge in [-0.3, -0.25) is 10.1 Å². The number of anilines is 1. The molecule has 7 heteroatoms. The Balaban J connectivity index is 1.92. The zero-order valence-electron chi connectivity index (χ0n) is 10.3. The van der Waals surface area contributed by atoms with Crippen LogP contribution in [0.15, 0.2) is 30.5 Å². The number of pyridine rings is 1. The Bertz CT molecular complexity index is 554. The average molecular weight is 279 g/mol. The second-order valence-electron chi connectivity index (χ2n) is 3.67. The van der Waals surface area contributed by atoms with Gasteiger partial charge in [-0.25, -0.2) is 4.98 Å². The van der Waals surface area contributed by atoms with Crippen molar-refractivity contribution in [2.45, 2.75) is 13.5 Å².